The molecule has 0 radical (unpaired) electrons. The molecule has 144 valence electrons. The minimum atomic E-state index is 0.222. The molecule has 27 heavy (non-hydrogen) atoms. The maximum Gasteiger partial charge on any atom is 0.222 e. The molecule has 3 N–H and O–H groups in total. The van der Waals surface area contributed by atoms with Crippen molar-refractivity contribution in [2.75, 3.05) is 31.8 Å². The molecule has 0 aliphatic rings. The number of nitrogens with zero attached hydrogens (tertiary/aromatic N) is 4. The summed E-state index contributed by atoms with van der Waals surface area (Å²) in [4.78, 5) is 8.60. The predicted molar refractivity (Wildman–Crippen MR) is 109 cm³/mol. The fourth-order valence-electron chi connectivity index (χ4n) is 2.83. The lowest BCUT2D eigenvalue weighted by molar-refractivity contribution is 0.381. The largest absolute Gasteiger partial charge is 0.496 e. The zero-order chi connectivity index (χ0) is 19.4. The number of unbranched alkanes of at least 4 members (excludes halogenated alkanes) is 1. The third-order valence-corrected chi connectivity index (χ3v) is 4.60. The zero-order valence-corrected chi connectivity index (χ0v) is 17.2. The average Bonchev–Trinajstić information content (AvgIpc) is 3.05. The van der Waals surface area contributed by atoms with Crippen LogP contribution in [0.1, 0.15) is 25.3 Å². The molecule has 0 aliphatic heterocycles. The Labute approximate surface area is 166 Å². The van der Waals surface area contributed by atoms with Gasteiger partial charge in [-0.25, -0.2) is 4.98 Å². The van der Waals surface area contributed by atoms with Crippen molar-refractivity contribution >= 4 is 38.7 Å². The standard InChI is InChI=1S/C18H23BrN6O2/c1-4-5-6-21-17-16-13(22-18(20)23-17)10-25(24-16)9-12-14(26-2)7-11(19)8-15(12)27-3/h7-8,10H,4-6,9H2,1-3H3,(H3,20,21,22,23). The number of methoxy groups -OCH3 is 2. The Morgan fingerprint density at radius 2 is 1.89 bits per heavy atom. The van der Waals surface area contributed by atoms with E-state index in [0.29, 0.717) is 34.9 Å². The van der Waals surface area contributed by atoms with Gasteiger partial charge in [0.15, 0.2) is 11.3 Å². The number of benzene rings is 1. The van der Waals surface area contributed by atoms with Gasteiger partial charge in [-0.3, -0.25) is 4.68 Å². The average molecular weight is 435 g/mol. The molecule has 2 aromatic heterocycles. The van der Waals surface area contributed by atoms with Crippen LogP contribution in [0.4, 0.5) is 11.8 Å². The van der Waals surface area contributed by atoms with E-state index in [0.717, 1.165) is 29.4 Å². The van der Waals surface area contributed by atoms with E-state index in [4.69, 9.17) is 15.2 Å². The van der Waals surface area contributed by atoms with Crippen molar-refractivity contribution in [3.05, 3.63) is 28.4 Å². The van der Waals surface area contributed by atoms with Gasteiger partial charge >= 0.3 is 0 Å². The van der Waals surface area contributed by atoms with Crippen LogP contribution in [0.5, 0.6) is 11.5 Å². The van der Waals surface area contributed by atoms with Crippen LogP contribution >= 0.6 is 15.9 Å². The first kappa shape index (κ1) is 19.2. The first-order chi connectivity index (χ1) is 13.0. The Morgan fingerprint density at radius 1 is 1.19 bits per heavy atom. The Hall–Kier alpha value is -2.55. The highest BCUT2D eigenvalue weighted by atomic mass is 79.9. The van der Waals surface area contributed by atoms with E-state index >= 15 is 0 Å². The van der Waals surface area contributed by atoms with Gasteiger partial charge in [-0.1, -0.05) is 29.3 Å². The lowest BCUT2D eigenvalue weighted by atomic mass is 10.1. The number of nitrogen functional groups attached to an aromatic ring is 1. The highest BCUT2D eigenvalue weighted by Crippen LogP contribution is 2.33. The number of anilines is 2. The summed E-state index contributed by atoms with van der Waals surface area (Å²) in [6, 6.07) is 3.80. The molecule has 2 heterocycles. The number of nitrogens with one attached hydrogen (secondary N) is 1. The Kier molecular flexibility index (Phi) is 6.00. The molecule has 0 saturated heterocycles. The fourth-order valence-corrected chi connectivity index (χ4v) is 3.25. The van der Waals surface area contributed by atoms with Gasteiger partial charge in [0.25, 0.3) is 0 Å². The van der Waals surface area contributed by atoms with E-state index < -0.39 is 0 Å². The molecule has 0 aliphatic carbocycles. The molecule has 0 atom stereocenters. The van der Waals surface area contributed by atoms with Crippen LogP contribution in [0.3, 0.4) is 0 Å². The zero-order valence-electron chi connectivity index (χ0n) is 15.6. The highest BCUT2D eigenvalue weighted by molar-refractivity contribution is 9.10. The molecule has 9 heteroatoms. The third-order valence-electron chi connectivity index (χ3n) is 4.14. The van der Waals surface area contributed by atoms with Crippen molar-refractivity contribution in [1.29, 1.82) is 0 Å². The summed E-state index contributed by atoms with van der Waals surface area (Å²) in [6.07, 6.45) is 3.98. The normalized spacial score (nSPS) is 11.0. The Morgan fingerprint density at radius 3 is 2.52 bits per heavy atom. The van der Waals surface area contributed by atoms with Crippen molar-refractivity contribution in [2.45, 2.75) is 26.3 Å². The van der Waals surface area contributed by atoms with Gasteiger partial charge < -0.3 is 20.5 Å². The van der Waals surface area contributed by atoms with Crippen molar-refractivity contribution in [3.63, 3.8) is 0 Å². The number of hydrogen-bond acceptors (Lipinski definition) is 7. The summed E-state index contributed by atoms with van der Waals surface area (Å²) in [6.45, 7) is 3.41. The monoisotopic (exact) mass is 434 g/mol. The van der Waals surface area contributed by atoms with Gasteiger partial charge in [0.1, 0.15) is 17.0 Å². The molecular formula is C18H23BrN6O2. The molecule has 0 amide bonds. The van der Waals surface area contributed by atoms with Gasteiger partial charge in [0.05, 0.1) is 32.5 Å². The van der Waals surface area contributed by atoms with E-state index in [9.17, 15) is 0 Å². The minimum absolute atomic E-state index is 0.222. The second-order valence-corrected chi connectivity index (χ2v) is 6.98. The van der Waals surface area contributed by atoms with E-state index in [1.165, 1.54) is 0 Å². The SMILES string of the molecule is CCCCNc1nc(N)nc2cn(Cc3c(OC)cc(Br)cc3OC)nc12. The molecular weight excluding hydrogens is 412 g/mol. The molecule has 0 spiro atoms. The van der Waals surface area contributed by atoms with Crippen LogP contribution in [0.25, 0.3) is 11.0 Å². The summed E-state index contributed by atoms with van der Waals surface area (Å²) in [7, 11) is 3.26. The van der Waals surface area contributed by atoms with E-state index in [2.05, 4.69) is 43.2 Å². The summed E-state index contributed by atoms with van der Waals surface area (Å²) in [5.41, 5.74) is 8.12. The maximum absolute atomic E-state index is 5.85. The Balaban J connectivity index is 1.98. The van der Waals surface area contributed by atoms with Gasteiger partial charge in [-0.05, 0) is 18.6 Å². The molecule has 0 bridgehead atoms. The number of rotatable bonds is 8. The van der Waals surface area contributed by atoms with Gasteiger partial charge in [-0.2, -0.15) is 10.1 Å². The van der Waals surface area contributed by atoms with Gasteiger partial charge in [0, 0.05) is 11.0 Å². The molecule has 0 saturated carbocycles. The van der Waals surface area contributed by atoms with Crippen LogP contribution in [-0.4, -0.2) is 40.5 Å². The van der Waals surface area contributed by atoms with Crippen molar-refractivity contribution < 1.29 is 9.47 Å². The van der Waals surface area contributed by atoms with Crippen molar-refractivity contribution in [3.8, 4) is 11.5 Å². The lowest BCUT2D eigenvalue weighted by Gasteiger charge is -2.14. The second kappa shape index (κ2) is 8.43. The van der Waals surface area contributed by atoms with E-state index in [1.54, 1.807) is 18.9 Å². The van der Waals surface area contributed by atoms with Crippen molar-refractivity contribution in [2.24, 2.45) is 0 Å². The van der Waals surface area contributed by atoms with E-state index in [-0.39, 0.29) is 5.95 Å². The van der Waals surface area contributed by atoms with Crippen LogP contribution in [0, 0.1) is 0 Å². The molecule has 0 fully saturated rings. The summed E-state index contributed by atoms with van der Waals surface area (Å²) < 4.78 is 13.7. The van der Waals surface area contributed by atoms with Gasteiger partial charge in [-0.15, -0.1) is 0 Å². The summed E-state index contributed by atoms with van der Waals surface area (Å²) >= 11 is 3.47. The number of nitrogens with two attached hydrogens (primary N) is 1. The molecule has 3 rings (SSSR count). The fraction of sp³-hybridized carbons (Fsp3) is 0.389. The summed E-state index contributed by atoms with van der Waals surface area (Å²) in [5.74, 6) is 2.31. The van der Waals surface area contributed by atoms with Gasteiger partial charge in [0.2, 0.25) is 5.95 Å². The number of ether oxygens (including phenoxy) is 2. The van der Waals surface area contributed by atoms with Crippen LogP contribution in [0.15, 0.2) is 22.8 Å². The first-order valence-corrected chi connectivity index (χ1v) is 9.50. The molecule has 1 aromatic carbocycles. The maximum atomic E-state index is 5.85. The quantitative estimate of drug-likeness (QED) is 0.523. The van der Waals surface area contributed by atoms with E-state index in [1.807, 2.05) is 18.3 Å². The molecule has 3 aromatic rings. The highest BCUT2D eigenvalue weighted by Gasteiger charge is 2.16. The number of aromatic nitrogens is 4. The second-order valence-electron chi connectivity index (χ2n) is 6.06. The summed E-state index contributed by atoms with van der Waals surface area (Å²) in [5, 5.41) is 7.95. The van der Waals surface area contributed by atoms with Crippen molar-refractivity contribution in [1.82, 2.24) is 19.7 Å². The molecule has 8 nitrogen and oxygen atoms in total. The third kappa shape index (κ3) is 4.24. The minimum Gasteiger partial charge on any atom is -0.496 e. The number of hydrogen-bond donors (Lipinski definition) is 2. The van der Waals surface area contributed by atoms with Crippen LogP contribution < -0.4 is 20.5 Å². The number of halogens is 1. The predicted octanol–water partition coefficient (Wildman–Crippen LogP) is 3.45. The molecule has 0 unspecified atom stereocenters. The van der Waals surface area contributed by atoms with Crippen LogP contribution in [0.2, 0.25) is 0 Å². The van der Waals surface area contributed by atoms with Crippen LogP contribution in [-0.2, 0) is 6.54 Å². The topological polar surface area (TPSA) is 100 Å². The Bertz CT molecular complexity index is 918. The number of fused-ring (bicyclic) bond motifs is 1. The first-order valence-electron chi connectivity index (χ1n) is 8.70. The smallest absolute Gasteiger partial charge is 0.222 e. The lowest BCUT2D eigenvalue weighted by Crippen LogP contribution is -2.07.